The number of nitrogens with two attached hydrogens (primary N) is 1. The highest BCUT2D eigenvalue weighted by Crippen LogP contribution is 2.30. The van der Waals surface area contributed by atoms with Crippen molar-refractivity contribution in [2.45, 2.75) is 44.8 Å². The van der Waals surface area contributed by atoms with E-state index in [-0.39, 0.29) is 12.0 Å². The summed E-state index contributed by atoms with van der Waals surface area (Å²) in [7, 11) is 0. The zero-order chi connectivity index (χ0) is 16.3. The third-order valence-corrected chi connectivity index (χ3v) is 4.46. The smallest absolute Gasteiger partial charge is 0.407 e. The Morgan fingerprint density at radius 2 is 2.14 bits per heavy atom. The van der Waals surface area contributed by atoms with E-state index in [0.717, 1.165) is 6.42 Å². The van der Waals surface area contributed by atoms with Gasteiger partial charge in [-0.15, -0.1) is 11.3 Å². The van der Waals surface area contributed by atoms with Gasteiger partial charge >= 0.3 is 12.1 Å². The van der Waals surface area contributed by atoms with Gasteiger partial charge in [-0.1, -0.05) is 6.07 Å². The number of ether oxygens (including phenoxy) is 1. The van der Waals surface area contributed by atoms with Crippen molar-refractivity contribution in [2.75, 3.05) is 13.1 Å². The Morgan fingerprint density at radius 1 is 1.41 bits per heavy atom. The standard InChI is InChI=1S/C15H23N3O3S/c1-15(2,3)21-14(20)17-11-7-10(12-5-4-6-22-12)8-18(9-11)13(16)19/h4-6,10-11H,7-9H2,1-3H3,(H2,16,19)(H,17,20). The van der Waals surface area contributed by atoms with Gasteiger partial charge in [-0.25, -0.2) is 9.59 Å². The zero-order valence-electron chi connectivity index (χ0n) is 13.2. The second kappa shape index (κ2) is 6.56. The predicted molar refractivity (Wildman–Crippen MR) is 86.0 cm³/mol. The van der Waals surface area contributed by atoms with Crippen molar-refractivity contribution in [3.8, 4) is 0 Å². The van der Waals surface area contributed by atoms with E-state index in [0.29, 0.717) is 13.1 Å². The number of nitrogens with zero attached hydrogens (tertiary/aromatic N) is 1. The average Bonchev–Trinajstić information content (AvgIpc) is 2.89. The number of carbonyl (C=O) groups is 2. The maximum absolute atomic E-state index is 11.9. The van der Waals surface area contributed by atoms with Crippen molar-refractivity contribution >= 4 is 23.5 Å². The summed E-state index contributed by atoms with van der Waals surface area (Å²) in [5.41, 5.74) is 4.88. The van der Waals surface area contributed by atoms with Gasteiger partial charge in [0.25, 0.3) is 0 Å². The van der Waals surface area contributed by atoms with E-state index in [4.69, 9.17) is 10.5 Å². The Labute approximate surface area is 134 Å². The lowest BCUT2D eigenvalue weighted by atomic mass is 9.93. The third-order valence-electron chi connectivity index (χ3n) is 3.43. The van der Waals surface area contributed by atoms with Gasteiger partial charge in [-0.05, 0) is 38.6 Å². The number of nitrogens with one attached hydrogen (secondary N) is 1. The second-order valence-corrected chi connectivity index (χ2v) is 7.51. The molecule has 1 aliphatic rings. The molecular formula is C15H23N3O3S. The minimum absolute atomic E-state index is 0.164. The lowest BCUT2D eigenvalue weighted by Crippen LogP contribution is -2.53. The lowest BCUT2D eigenvalue weighted by molar-refractivity contribution is 0.0475. The molecule has 22 heavy (non-hydrogen) atoms. The molecule has 2 atom stereocenters. The van der Waals surface area contributed by atoms with Crippen LogP contribution in [0, 0.1) is 0 Å². The zero-order valence-corrected chi connectivity index (χ0v) is 14.0. The highest BCUT2D eigenvalue weighted by Gasteiger charge is 2.32. The van der Waals surface area contributed by atoms with Gasteiger partial charge in [0, 0.05) is 23.9 Å². The van der Waals surface area contributed by atoms with Crippen LogP contribution in [0.3, 0.4) is 0 Å². The summed E-state index contributed by atoms with van der Waals surface area (Å²) >= 11 is 1.65. The summed E-state index contributed by atoms with van der Waals surface area (Å²) in [6.07, 6.45) is 0.303. The Balaban J connectivity index is 2.03. The lowest BCUT2D eigenvalue weighted by Gasteiger charge is -2.37. The van der Waals surface area contributed by atoms with Crippen LogP contribution in [0.5, 0.6) is 0 Å². The van der Waals surface area contributed by atoms with Gasteiger partial charge in [0.15, 0.2) is 0 Å². The molecule has 0 saturated carbocycles. The molecule has 1 fully saturated rings. The van der Waals surface area contributed by atoms with Crippen LogP contribution in [0.1, 0.15) is 38.0 Å². The molecule has 1 aliphatic heterocycles. The molecule has 7 heteroatoms. The fourth-order valence-corrected chi connectivity index (χ4v) is 3.42. The van der Waals surface area contributed by atoms with Crippen LogP contribution in [0.15, 0.2) is 17.5 Å². The molecule has 1 aromatic rings. The Kier molecular flexibility index (Phi) is 4.95. The Hall–Kier alpha value is -1.76. The van der Waals surface area contributed by atoms with Crippen molar-refractivity contribution in [3.05, 3.63) is 22.4 Å². The number of rotatable bonds is 2. The molecule has 3 N–H and O–H groups in total. The van der Waals surface area contributed by atoms with Gasteiger partial charge in [0.05, 0.1) is 6.04 Å². The summed E-state index contributed by atoms with van der Waals surface area (Å²) in [6, 6.07) is 3.41. The van der Waals surface area contributed by atoms with Crippen LogP contribution in [-0.4, -0.2) is 41.8 Å². The number of alkyl carbamates (subject to hydrolysis) is 1. The molecule has 1 saturated heterocycles. The molecule has 122 valence electrons. The normalized spacial score (nSPS) is 22.2. The van der Waals surface area contributed by atoms with E-state index in [1.807, 2.05) is 38.3 Å². The fraction of sp³-hybridized carbons (Fsp3) is 0.600. The summed E-state index contributed by atoms with van der Waals surface area (Å²) in [5, 5.41) is 4.85. The van der Waals surface area contributed by atoms with Gasteiger partial charge in [0.2, 0.25) is 0 Å². The monoisotopic (exact) mass is 325 g/mol. The van der Waals surface area contributed by atoms with Crippen molar-refractivity contribution in [2.24, 2.45) is 5.73 Å². The Bertz CT molecular complexity index is 525. The summed E-state index contributed by atoms with van der Waals surface area (Å²) in [5.74, 6) is 0.182. The molecule has 2 heterocycles. The van der Waals surface area contributed by atoms with Crippen molar-refractivity contribution in [1.82, 2.24) is 10.2 Å². The van der Waals surface area contributed by atoms with Gasteiger partial charge in [-0.3, -0.25) is 0 Å². The van der Waals surface area contributed by atoms with E-state index in [1.165, 1.54) is 4.88 Å². The van der Waals surface area contributed by atoms with Gasteiger partial charge in [-0.2, -0.15) is 0 Å². The van der Waals surface area contributed by atoms with Crippen LogP contribution in [0.2, 0.25) is 0 Å². The molecule has 2 unspecified atom stereocenters. The first-order chi connectivity index (χ1) is 10.2. The number of primary amides is 1. The molecule has 0 aliphatic carbocycles. The van der Waals surface area contributed by atoms with E-state index >= 15 is 0 Å². The second-order valence-electron chi connectivity index (χ2n) is 6.53. The van der Waals surface area contributed by atoms with Crippen LogP contribution < -0.4 is 11.1 Å². The molecule has 0 bridgehead atoms. The van der Waals surface area contributed by atoms with E-state index in [1.54, 1.807) is 16.2 Å². The van der Waals surface area contributed by atoms with E-state index in [2.05, 4.69) is 5.32 Å². The first-order valence-electron chi connectivity index (χ1n) is 7.32. The number of urea groups is 1. The maximum atomic E-state index is 11.9. The topological polar surface area (TPSA) is 84.7 Å². The van der Waals surface area contributed by atoms with E-state index in [9.17, 15) is 9.59 Å². The summed E-state index contributed by atoms with van der Waals surface area (Å²) < 4.78 is 5.28. The number of hydrogen-bond acceptors (Lipinski definition) is 4. The maximum Gasteiger partial charge on any atom is 0.407 e. The molecule has 6 nitrogen and oxygen atoms in total. The highest BCUT2D eigenvalue weighted by molar-refractivity contribution is 7.10. The highest BCUT2D eigenvalue weighted by atomic mass is 32.1. The number of thiophene rings is 1. The number of amides is 3. The van der Waals surface area contributed by atoms with Crippen molar-refractivity contribution < 1.29 is 14.3 Å². The van der Waals surface area contributed by atoms with Crippen LogP contribution in [0.25, 0.3) is 0 Å². The van der Waals surface area contributed by atoms with Crippen LogP contribution in [-0.2, 0) is 4.74 Å². The largest absolute Gasteiger partial charge is 0.444 e. The molecule has 1 aromatic heterocycles. The van der Waals surface area contributed by atoms with Crippen molar-refractivity contribution in [3.63, 3.8) is 0 Å². The summed E-state index contributed by atoms with van der Waals surface area (Å²) in [6.45, 7) is 6.45. The third kappa shape index (κ3) is 4.62. The molecular weight excluding hydrogens is 302 g/mol. The average molecular weight is 325 g/mol. The van der Waals surface area contributed by atoms with E-state index < -0.39 is 17.7 Å². The first-order valence-corrected chi connectivity index (χ1v) is 8.20. The first kappa shape index (κ1) is 16.6. The Morgan fingerprint density at radius 3 is 2.68 bits per heavy atom. The minimum atomic E-state index is -0.546. The number of hydrogen-bond donors (Lipinski definition) is 2. The van der Waals surface area contributed by atoms with Gasteiger partial charge in [0.1, 0.15) is 5.60 Å². The van der Waals surface area contributed by atoms with Crippen LogP contribution in [0.4, 0.5) is 9.59 Å². The number of likely N-dealkylation sites (tertiary alicyclic amines) is 1. The molecule has 0 radical (unpaired) electrons. The molecule has 0 spiro atoms. The molecule has 2 rings (SSSR count). The minimum Gasteiger partial charge on any atom is -0.444 e. The van der Waals surface area contributed by atoms with Crippen molar-refractivity contribution in [1.29, 1.82) is 0 Å². The number of piperidine rings is 1. The summed E-state index contributed by atoms with van der Waals surface area (Å²) in [4.78, 5) is 26.2. The van der Waals surface area contributed by atoms with Crippen LogP contribution >= 0.6 is 11.3 Å². The quantitative estimate of drug-likeness (QED) is 0.876. The predicted octanol–water partition coefficient (Wildman–Crippen LogP) is 2.51. The fourth-order valence-electron chi connectivity index (χ4n) is 2.59. The molecule has 3 amide bonds. The van der Waals surface area contributed by atoms with Gasteiger partial charge < -0.3 is 20.7 Å². The SMILES string of the molecule is CC(C)(C)OC(=O)NC1CC(c2cccs2)CN(C(N)=O)C1. The number of carbonyl (C=O) groups excluding carboxylic acids is 2. The molecule has 0 aromatic carbocycles.